The van der Waals surface area contributed by atoms with Gasteiger partial charge in [0.05, 0.1) is 23.5 Å². The van der Waals surface area contributed by atoms with E-state index in [1.807, 2.05) is 0 Å². The number of aromatic amines is 1. The van der Waals surface area contributed by atoms with Crippen molar-refractivity contribution in [3.63, 3.8) is 0 Å². The average molecular weight is 423 g/mol. The number of aromatic nitrogens is 5. The number of carbonyl (C=O) groups is 1. The summed E-state index contributed by atoms with van der Waals surface area (Å²) < 4.78 is 30.3. The zero-order chi connectivity index (χ0) is 21.3. The van der Waals surface area contributed by atoms with Crippen molar-refractivity contribution in [1.82, 2.24) is 24.5 Å². The minimum atomic E-state index is -0.839. The first kappa shape index (κ1) is 18.4. The van der Waals surface area contributed by atoms with E-state index in [2.05, 4.69) is 19.9 Å². The van der Waals surface area contributed by atoms with Crippen molar-refractivity contribution >= 4 is 28.0 Å². The fourth-order valence-corrected chi connectivity index (χ4v) is 5.68. The third kappa shape index (κ3) is 2.68. The molecule has 2 bridgehead atoms. The van der Waals surface area contributed by atoms with E-state index in [4.69, 9.17) is 0 Å². The van der Waals surface area contributed by atoms with Gasteiger partial charge in [-0.2, -0.15) is 0 Å². The molecule has 0 aromatic carbocycles. The maximum Gasteiger partial charge on any atom is 0.308 e. The second kappa shape index (κ2) is 6.57. The van der Waals surface area contributed by atoms with Crippen LogP contribution in [-0.4, -0.2) is 35.6 Å². The molecule has 3 aliphatic rings. The van der Waals surface area contributed by atoms with E-state index in [0.717, 1.165) is 31.9 Å². The van der Waals surface area contributed by atoms with Crippen LogP contribution in [0, 0.1) is 29.4 Å². The number of carboxylic acid groups (broad SMARTS) is 1. The number of hydrogen-bond acceptors (Lipinski definition) is 4. The van der Waals surface area contributed by atoms with E-state index >= 15 is 0 Å². The summed E-state index contributed by atoms with van der Waals surface area (Å²) in [5, 5.41) is 10.7. The van der Waals surface area contributed by atoms with Crippen LogP contribution in [-0.2, 0) is 4.79 Å². The molecule has 4 heterocycles. The molecule has 2 N–H and O–H groups in total. The van der Waals surface area contributed by atoms with Gasteiger partial charge in [-0.15, -0.1) is 0 Å². The Kier molecular flexibility index (Phi) is 3.90. The standard InChI is InChI=1S/C22H19F2N5O2/c23-12-5-13-14(7-26-19(13)25-6-12)20-27-8-15-16(24)9-29(21(15)28-20)18-11-3-1-10(2-4-11)17(18)22(30)31/h5-11,17-18H,1-4H2,(H,25,26)(H,30,31)/t10?,11?,17-,18-/m0/s1. The van der Waals surface area contributed by atoms with E-state index in [-0.39, 0.29) is 23.3 Å². The number of aliphatic carboxylic acids is 1. The fraction of sp³-hybridized carbons (Fsp3) is 0.364. The Morgan fingerprint density at radius 1 is 1.10 bits per heavy atom. The number of H-pyrrole nitrogens is 1. The molecule has 3 saturated carbocycles. The summed E-state index contributed by atoms with van der Waals surface area (Å²) in [5.74, 6) is -1.78. The number of pyridine rings is 1. The SMILES string of the molecule is O=C(O)[C@H]1C2CCC(CC2)[C@@H]1n1cc(F)c2cnc(-c3c[nH]c4ncc(F)cc34)nc21. The predicted molar refractivity (Wildman–Crippen MR) is 108 cm³/mol. The topological polar surface area (TPSA) is 96.7 Å². The van der Waals surface area contributed by atoms with Crippen LogP contribution in [0.2, 0.25) is 0 Å². The molecule has 4 aromatic rings. The van der Waals surface area contributed by atoms with Crippen LogP contribution in [0.1, 0.15) is 31.7 Å². The van der Waals surface area contributed by atoms with Gasteiger partial charge < -0.3 is 14.7 Å². The van der Waals surface area contributed by atoms with Gasteiger partial charge in [-0.1, -0.05) is 0 Å². The first-order valence-electron chi connectivity index (χ1n) is 10.4. The Morgan fingerprint density at radius 2 is 1.87 bits per heavy atom. The number of nitrogens with one attached hydrogen (secondary N) is 1. The summed E-state index contributed by atoms with van der Waals surface area (Å²) in [4.78, 5) is 28.0. The van der Waals surface area contributed by atoms with Gasteiger partial charge in [0.2, 0.25) is 0 Å². The molecule has 0 spiro atoms. The summed E-state index contributed by atoms with van der Waals surface area (Å²) in [6, 6.07) is 1.00. The molecular formula is C22H19F2N5O2. The number of halogens is 2. The third-order valence-electron chi connectivity index (χ3n) is 7.04. The lowest BCUT2D eigenvalue weighted by atomic mass is 9.61. The lowest BCUT2D eigenvalue weighted by molar-refractivity contribution is -0.151. The highest BCUT2D eigenvalue weighted by molar-refractivity contribution is 5.92. The van der Waals surface area contributed by atoms with Crippen molar-refractivity contribution in [2.24, 2.45) is 17.8 Å². The highest BCUT2D eigenvalue weighted by Gasteiger charge is 2.48. The largest absolute Gasteiger partial charge is 0.481 e. The Balaban J connectivity index is 1.53. The molecular weight excluding hydrogens is 404 g/mol. The molecule has 7 rings (SSSR count). The van der Waals surface area contributed by atoms with E-state index < -0.39 is 23.5 Å². The average Bonchev–Trinajstić information content (AvgIpc) is 3.34. The van der Waals surface area contributed by atoms with Crippen LogP contribution < -0.4 is 0 Å². The Morgan fingerprint density at radius 3 is 2.65 bits per heavy atom. The number of hydrogen-bond donors (Lipinski definition) is 2. The van der Waals surface area contributed by atoms with Crippen molar-refractivity contribution < 1.29 is 18.7 Å². The second-order valence-electron chi connectivity index (χ2n) is 8.60. The monoisotopic (exact) mass is 423 g/mol. The van der Waals surface area contributed by atoms with Crippen molar-refractivity contribution in [3.8, 4) is 11.4 Å². The van der Waals surface area contributed by atoms with Gasteiger partial charge in [0.1, 0.15) is 17.1 Å². The molecule has 2 atom stereocenters. The lowest BCUT2D eigenvalue weighted by Crippen LogP contribution is -2.44. The van der Waals surface area contributed by atoms with E-state index in [9.17, 15) is 18.7 Å². The lowest BCUT2D eigenvalue weighted by Gasteiger charge is -2.47. The quantitative estimate of drug-likeness (QED) is 0.512. The number of nitrogens with zero attached hydrogens (tertiary/aromatic N) is 4. The number of carboxylic acids is 1. The van der Waals surface area contributed by atoms with Crippen LogP contribution >= 0.6 is 0 Å². The maximum atomic E-state index is 14.8. The summed E-state index contributed by atoms with van der Waals surface area (Å²) in [5.41, 5.74) is 1.42. The van der Waals surface area contributed by atoms with Crippen LogP contribution in [0.5, 0.6) is 0 Å². The Hall–Kier alpha value is -3.36. The molecule has 9 heteroatoms. The molecule has 0 saturated heterocycles. The van der Waals surface area contributed by atoms with E-state index in [0.29, 0.717) is 28.1 Å². The van der Waals surface area contributed by atoms with Gasteiger partial charge >= 0.3 is 5.97 Å². The first-order valence-corrected chi connectivity index (χ1v) is 10.4. The van der Waals surface area contributed by atoms with Crippen molar-refractivity contribution in [3.05, 3.63) is 42.5 Å². The van der Waals surface area contributed by atoms with Gasteiger partial charge in [0, 0.05) is 29.5 Å². The van der Waals surface area contributed by atoms with Gasteiger partial charge in [-0.05, 0) is 43.6 Å². The highest BCUT2D eigenvalue weighted by Crippen LogP contribution is 2.52. The molecule has 158 valence electrons. The van der Waals surface area contributed by atoms with E-state index in [1.165, 1.54) is 18.5 Å². The molecule has 3 fully saturated rings. The van der Waals surface area contributed by atoms with Crippen molar-refractivity contribution in [2.45, 2.75) is 31.7 Å². The van der Waals surface area contributed by atoms with Crippen molar-refractivity contribution in [1.29, 1.82) is 0 Å². The van der Waals surface area contributed by atoms with Crippen LogP contribution in [0.3, 0.4) is 0 Å². The third-order valence-corrected chi connectivity index (χ3v) is 7.04. The fourth-order valence-electron chi connectivity index (χ4n) is 5.68. The second-order valence-corrected chi connectivity index (χ2v) is 8.60. The highest BCUT2D eigenvalue weighted by atomic mass is 19.1. The Bertz CT molecular complexity index is 1340. The maximum absolute atomic E-state index is 14.8. The minimum absolute atomic E-state index is 0.0944. The molecule has 4 aromatic heterocycles. The molecule has 31 heavy (non-hydrogen) atoms. The van der Waals surface area contributed by atoms with Crippen LogP contribution in [0.15, 0.2) is 30.9 Å². The van der Waals surface area contributed by atoms with Gasteiger partial charge in [0.15, 0.2) is 11.6 Å². The smallest absolute Gasteiger partial charge is 0.308 e. The summed E-state index contributed by atoms with van der Waals surface area (Å²) in [6.07, 6.45) is 9.20. The van der Waals surface area contributed by atoms with Gasteiger partial charge in [0.25, 0.3) is 0 Å². The van der Waals surface area contributed by atoms with Crippen molar-refractivity contribution in [2.75, 3.05) is 0 Å². The van der Waals surface area contributed by atoms with Gasteiger partial charge in [-0.25, -0.2) is 23.7 Å². The summed E-state index contributed by atoms with van der Waals surface area (Å²) in [6.45, 7) is 0. The van der Waals surface area contributed by atoms with Gasteiger partial charge in [-0.3, -0.25) is 4.79 Å². The zero-order valence-electron chi connectivity index (χ0n) is 16.4. The first-order chi connectivity index (χ1) is 15.0. The summed E-state index contributed by atoms with van der Waals surface area (Å²) >= 11 is 0. The minimum Gasteiger partial charge on any atom is -0.481 e. The predicted octanol–water partition coefficient (Wildman–Crippen LogP) is 4.31. The normalized spacial score (nSPS) is 25.5. The van der Waals surface area contributed by atoms with Crippen LogP contribution in [0.4, 0.5) is 8.78 Å². The molecule has 0 amide bonds. The zero-order valence-corrected chi connectivity index (χ0v) is 16.4. The number of rotatable bonds is 3. The molecule has 0 radical (unpaired) electrons. The number of fused-ring (bicyclic) bond motifs is 5. The van der Waals surface area contributed by atoms with E-state index in [1.54, 1.807) is 10.8 Å². The molecule has 0 aliphatic heterocycles. The Labute approximate surface area is 175 Å². The molecule has 0 unspecified atom stereocenters. The van der Waals surface area contributed by atoms with Crippen LogP contribution in [0.25, 0.3) is 33.5 Å². The molecule has 7 nitrogen and oxygen atoms in total. The molecule has 3 aliphatic carbocycles. The summed E-state index contributed by atoms with van der Waals surface area (Å²) in [7, 11) is 0.